The molecule has 1 aliphatic heterocycles. The topological polar surface area (TPSA) is 121 Å². The summed E-state index contributed by atoms with van der Waals surface area (Å²) in [5.41, 5.74) is 0.231. The lowest BCUT2D eigenvalue weighted by Gasteiger charge is -2.30. The number of alkyl halides is 2. The molecule has 0 spiro atoms. The number of fused-ring (bicyclic) bond motifs is 1. The van der Waals surface area contributed by atoms with E-state index in [9.17, 15) is 18.8 Å². The molecule has 0 radical (unpaired) electrons. The SMILES string of the molecule is N#CC1(C(=O)NC2CCC(CNc3nc(N4CCOCC4)cc(-n4c(C(F)F)nc5ccccc54)n3)CC2)CC1. The molecule has 12 heteroatoms. The molecule has 2 aromatic heterocycles. The molecule has 1 aromatic carbocycles. The first-order chi connectivity index (χ1) is 19.5. The number of amides is 1. The van der Waals surface area contributed by atoms with Crippen LogP contribution in [0.1, 0.15) is 50.8 Å². The second-order valence-corrected chi connectivity index (χ2v) is 10.9. The van der Waals surface area contributed by atoms with Crippen molar-refractivity contribution in [1.29, 1.82) is 5.26 Å². The van der Waals surface area contributed by atoms with E-state index in [1.54, 1.807) is 30.3 Å². The van der Waals surface area contributed by atoms with Gasteiger partial charge in [-0.2, -0.15) is 15.2 Å². The van der Waals surface area contributed by atoms with Crippen LogP contribution in [0.5, 0.6) is 0 Å². The van der Waals surface area contributed by atoms with Crippen LogP contribution < -0.4 is 15.5 Å². The number of nitrogens with zero attached hydrogens (tertiary/aromatic N) is 6. The van der Waals surface area contributed by atoms with Crippen molar-refractivity contribution in [2.24, 2.45) is 11.3 Å². The van der Waals surface area contributed by atoms with Gasteiger partial charge in [-0.3, -0.25) is 9.36 Å². The highest BCUT2D eigenvalue weighted by atomic mass is 19.3. The summed E-state index contributed by atoms with van der Waals surface area (Å²) in [7, 11) is 0. The number of benzene rings is 1. The van der Waals surface area contributed by atoms with Crippen molar-refractivity contribution in [3.8, 4) is 11.9 Å². The molecule has 2 aliphatic carbocycles. The molecule has 3 fully saturated rings. The monoisotopic (exact) mass is 550 g/mol. The van der Waals surface area contributed by atoms with Gasteiger partial charge in [0.25, 0.3) is 6.43 Å². The van der Waals surface area contributed by atoms with Gasteiger partial charge in [0.1, 0.15) is 17.1 Å². The Kier molecular flexibility index (Phi) is 7.23. The van der Waals surface area contributed by atoms with Crippen molar-refractivity contribution < 1.29 is 18.3 Å². The number of carbonyl (C=O) groups excluding carboxylic acids is 1. The summed E-state index contributed by atoms with van der Waals surface area (Å²) in [6, 6.07) is 11.0. The molecule has 40 heavy (non-hydrogen) atoms. The quantitative estimate of drug-likeness (QED) is 0.432. The van der Waals surface area contributed by atoms with Crippen molar-refractivity contribution >= 4 is 28.7 Å². The number of morpholine rings is 1. The fourth-order valence-corrected chi connectivity index (χ4v) is 5.59. The minimum absolute atomic E-state index is 0.0874. The smallest absolute Gasteiger partial charge is 0.296 e. The van der Waals surface area contributed by atoms with Crippen LogP contribution >= 0.6 is 0 Å². The Hall–Kier alpha value is -3.85. The van der Waals surface area contributed by atoms with E-state index in [0.717, 1.165) is 25.7 Å². The molecule has 0 atom stereocenters. The molecule has 2 N–H and O–H groups in total. The second-order valence-electron chi connectivity index (χ2n) is 10.9. The number of para-hydroxylation sites is 2. The van der Waals surface area contributed by atoms with Crippen LogP contribution in [0, 0.1) is 22.7 Å². The Labute approximate surface area is 230 Å². The minimum Gasteiger partial charge on any atom is -0.378 e. The third-order valence-electron chi connectivity index (χ3n) is 8.17. The fraction of sp³-hybridized carbons (Fsp3) is 0.536. The van der Waals surface area contributed by atoms with Gasteiger partial charge >= 0.3 is 0 Å². The van der Waals surface area contributed by atoms with Gasteiger partial charge in [-0.05, 0) is 56.6 Å². The molecule has 1 amide bonds. The normalized spacial score (nSPS) is 22.2. The average Bonchev–Trinajstić information content (AvgIpc) is 3.70. The highest BCUT2D eigenvalue weighted by molar-refractivity contribution is 5.88. The lowest BCUT2D eigenvalue weighted by Crippen LogP contribution is -2.42. The summed E-state index contributed by atoms with van der Waals surface area (Å²) in [4.78, 5) is 28.1. The summed E-state index contributed by atoms with van der Waals surface area (Å²) in [5, 5.41) is 15.7. The van der Waals surface area contributed by atoms with Gasteiger partial charge in [0.05, 0.1) is 30.3 Å². The van der Waals surface area contributed by atoms with Crippen molar-refractivity contribution in [1.82, 2.24) is 24.8 Å². The number of anilines is 2. The van der Waals surface area contributed by atoms with E-state index in [2.05, 4.69) is 31.6 Å². The van der Waals surface area contributed by atoms with E-state index in [0.29, 0.717) is 80.2 Å². The average molecular weight is 551 g/mol. The maximum Gasteiger partial charge on any atom is 0.296 e. The second kappa shape index (κ2) is 11.0. The number of carbonyl (C=O) groups is 1. The van der Waals surface area contributed by atoms with Crippen LogP contribution in [0.15, 0.2) is 30.3 Å². The Morgan fingerprint density at radius 2 is 1.82 bits per heavy atom. The van der Waals surface area contributed by atoms with Gasteiger partial charge in [0.15, 0.2) is 5.82 Å². The van der Waals surface area contributed by atoms with Gasteiger partial charge < -0.3 is 20.3 Å². The lowest BCUT2D eigenvalue weighted by molar-refractivity contribution is -0.125. The third-order valence-corrected chi connectivity index (χ3v) is 8.17. The van der Waals surface area contributed by atoms with Crippen molar-refractivity contribution in [2.75, 3.05) is 43.1 Å². The highest BCUT2D eigenvalue weighted by Crippen LogP contribution is 2.45. The predicted molar refractivity (Wildman–Crippen MR) is 144 cm³/mol. The third kappa shape index (κ3) is 5.30. The van der Waals surface area contributed by atoms with Gasteiger partial charge in [0, 0.05) is 31.7 Å². The summed E-state index contributed by atoms with van der Waals surface area (Å²) in [6.07, 6.45) is 2.03. The maximum atomic E-state index is 14.1. The first-order valence-corrected chi connectivity index (χ1v) is 13.9. The molecule has 3 aliphatic rings. The summed E-state index contributed by atoms with van der Waals surface area (Å²) in [5.74, 6) is 1.21. The van der Waals surface area contributed by atoms with Crippen molar-refractivity contribution in [3.05, 3.63) is 36.2 Å². The zero-order valence-electron chi connectivity index (χ0n) is 22.2. The van der Waals surface area contributed by atoms with Crippen molar-refractivity contribution in [3.63, 3.8) is 0 Å². The molecule has 3 aromatic rings. The van der Waals surface area contributed by atoms with E-state index in [4.69, 9.17) is 9.72 Å². The summed E-state index contributed by atoms with van der Waals surface area (Å²) in [6.45, 7) is 3.04. The number of rotatable bonds is 8. The van der Waals surface area contributed by atoms with Crippen LogP contribution in [-0.4, -0.2) is 64.3 Å². The number of ether oxygens (including phenoxy) is 1. The number of halogens is 2. The molecule has 210 valence electrons. The number of hydrogen-bond acceptors (Lipinski definition) is 8. The molecule has 6 rings (SSSR count). The number of imidazole rings is 1. The Morgan fingerprint density at radius 1 is 1.10 bits per heavy atom. The van der Waals surface area contributed by atoms with E-state index in [1.165, 1.54) is 4.57 Å². The minimum atomic E-state index is -2.77. The molecule has 2 saturated carbocycles. The number of aromatic nitrogens is 4. The first kappa shape index (κ1) is 26.4. The van der Waals surface area contributed by atoms with Gasteiger partial charge in [-0.25, -0.2) is 13.8 Å². The fourth-order valence-electron chi connectivity index (χ4n) is 5.59. The van der Waals surface area contributed by atoms with Crippen LogP contribution in [0.25, 0.3) is 16.9 Å². The Morgan fingerprint density at radius 3 is 2.52 bits per heavy atom. The van der Waals surface area contributed by atoms with Crippen LogP contribution in [0.4, 0.5) is 20.5 Å². The van der Waals surface area contributed by atoms with Gasteiger partial charge in [0.2, 0.25) is 11.9 Å². The first-order valence-electron chi connectivity index (χ1n) is 13.9. The molecule has 0 unspecified atom stereocenters. The van der Waals surface area contributed by atoms with E-state index >= 15 is 0 Å². The standard InChI is InChI=1S/C28H32F2N8O2/c29-24(30)25-34-20-3-1-2-4-21(20)38(25)23-15-22(37-11-13-40-14-12-37)35-27(36-23)32-16-18-5-7-19(8-6-18)33-26(39)28(17-31)9-10-28/h1-4,15,18-19,24H,5-14,16H2,(H,33,39)(H,32,35,36). The largest absolute Gasteiger partial charge is 0.378 e. The van der Waals surface area contributed by atoms with Crippen LogP contribution in [0.3, 0.4) is 0 Å². The molecule has 10 nitrogen and oxygen atoms in total. The van der Waals surface area contributed by atoms with Gasteiger partial charge in [-0.1, -0.05) is 12.1 Å². The van der Waals surface area contributed by atoms with Crippen LogP contribution in [-0.2, 0) is 9.53 Å². The Bertz CT molecular complexity index is 1420. The predicted octanol–water partition coefficient (Wildman–Crippen LogP) is 3.98. The van der Waals surface area contributed by atoms with E-state index in [1.807, 2.05) is 0 Å². The van der Waals surface area contributed by atoms with E-state index in [-0.39, 0.29) is 17.8 Å². The maximum absolute atomic E-state index is 14.1. The van der Waals surface area contributed by atoms with Crippen molar-refractivity contribution in [2.45, 2.75) is 51.0 Å². The molecular weight excluding hydrogens is 518 g/mol. The van der Waals surface area contributed by atoms with E-state index < -0.39 is 11.8 Å². The molecule has 0 bridgehead atoms. The summed E-state index contributed by atoms with van der Waals surface area (Å²) >= 11 is 0. The zero-order valence-corrected chi connectivity index (χ0v) is 22.2. The molecule has 3 heterocycles. The number of nitrogens with one attached hydrogen (secondary N) is 2. The van der Waals surface area contributed by atoms with Crippen LogP contribution in [0.2, 0.25) is 0 Å². The summed E-state index contributed by atoms with van der Waals surface area (Å²) < 4.78 is 35.1. The Balaban J connectivity index is 1.20. The number of nitriles is 1. The molecule has 1 saturated heterocycles. The highest BCUT2D eigenvalue weighted by Gasteiger charge is 2.51. The lowest BCUT2D eigenvalue weighted by atomic mass is 9.85. The van der Waals surface area contributed by atoms with Gasteiger partial charge in [-0.15, -0.1) is 0 Å². The molecular formula is C28H32F2N8O2. The zero-order chi connectivity index (χ0) is 27.7. The number of hydrogen-bond donors (Lipinski definition) is 2.